The van der Waals surface area contributed by atoms with E-state index in [1.807, 2.05) is 13.8 Å². The highest BCUT2D eigenvalue weighted by Gasteiger charge is 2.24. The second-order valence-corrected chi connectivity index (χ2v) is 8.13. The topological polar surface area (TPSA) is 26.3 Å². The molecule has 0 aliphatic rings. The van der Waals surface area contributed by atoms with E-state index in [1.165, 1.54) is 25.1 Å². The van der Waals surface area contributed by atoms with Gasteiger partial charge in [-0.15, -0.1) is 0 Å². The molecule has 0 aliphatic heterocycles. The maximum absolute atomic E-state index is 10.6. The summed E-state index contributed by atoms with van der Waals surface area (Å²) in [4.78, 5) is 11.9. The predicted molar refractivity (Wildman–Crippen MR) is 106 cm³/mol. The van der Waals surface area contributed by atoms with Crippen molar-refractivity contribution in [3.8, 4) is 10.6 Å². The van der Waals surface area contributed by atoms with Crippen LogP contribution >= 0.6 is 10.5 Å². The molecule has 0 aliphatic carbocycles. The molecule has 0 saturated carbocycles. The first kappa shape index (κ1) is 15.9. The van der Waals surface area contributed by atoms with E-state index in [4.69, 9.17) is 4.74 Å². The van der Waals surface area contributed by atoms with Gasteiger partial charge in [-0.05, 0) is 49.2 Å². The number of hydrogen-bond acceptors (Lipinski definition) is 2. The van der Waals surface area contributed by atoms with Crippen LogP contribution in [0.3, 0.4) is 0 Å². The van der Waals surface area contributed by atoms with Gasteiger partial charge in [-0.2, -0.15) is 0 Å². The summed E-state index contributed by atoms with van der Waals surface area (Å²) in [5.74, 6) is 0.820. The molecule has 0 atom stereocenters. The second-order valence-electron chi connectivity index (χ2n) is 6.16. The van der Waals surface area contributed by atoms with Crippen LogP contribution in [0.4, 0.5) is 0 Å². The molecule has 0 spiro atoms. The lowest BCUT2D eigenvalue weighted by Crippen LogP contribution is -2.01. The number of carbonyl (C=O) groups excluding carboxylic acids is 1. The van der Waals surface area contributed by atoms with Crippen molar-refractivity contribution in [3.63, 3.8) is 0 Å². The van der Waals surface area contributed by atoms with Crippen molar-refractivity contribution < 1.29 is 9.53 Å². The number of rotatable bonds is 4. The molecule has 0 N–H and O–H groups in total. The first-order valence-electron chi connectivity index (χ1n) is 8.31. The molecule has 4 rings (SSSR count). The Labute approximate surface area is 149 Å². The molecule has 0 unspecified atom stereocenters. The Morgan fingerprint density at radius 3 is 1.92 bits per heavy atom. The number of carbonyl (C=O) groups is 1. The van der Waals surface area contributed by atoms with Crippen LogP contribution in [0.25, 0.3) is 25.1 Å². The third-order valence-corrected chi connectivity index (χ3v) is 6.77. The average molecular weight is 347 g/mol. The number of hydrogen-bond donors (Lipinski definition) is 0. The molecule has 124 valence electrons. The molecule has 1 aromatic heterocycles. The van der Waals surface area contributed by atoms with Crippen LogP contribution in [-0.2, 0) is 4.79 Å². The molecule has 1 heterocycles. The zero-order chi connectivity index (χ0) is 17.4. The van der Waals surface area contributed by atoms with Gasteiger partial charge in [-0.25, -0.2) is 0 Å². The normalized spacial score (nSPS) is 11.1. The molecule has 0 radical (unpaired) electrons. The van der Waals surface area contributed by atoms with E-state index in [0.717, 1.165) is 23.2 Å². The van der Waals surface area contributed by atoms with Gasteiger partial charge in [0, 0.05) is 33.4 Å². The van der Waals surface area contributed by atoms with E-state index in [1.54, 1.807) is 0 Å². The molecule has 0 amide bonds. The van der Waals surface area contributed by atoms with Gasteiger partial charge in [0.1, 0.15) is 12.4 Å². The van der Waals surface area contributed by atoms with Crippen LogP contribution in [0.15, 0.2) is 60.7 Å². The highest BCUT2D eigenvalue weighted by Crippen LogP contribution is 2.49. The number of fused-ring (bicyclic) bond motifs is 3. The van der Waals surface area contributed by atoms with Gasteiger partial charge >= 0.3 is 0 Å². The zero-order valence-corrected chi connectivity index (χ0v) is 15.1. The summed E-state index contributed by atoms with van der Waals surface area (Å²) < 4.78 is 8.37. The minimum Gasteiger partial charge on any atom is -0.486 e. The highest BCUT2D eigenvalue weighted by molar-refractivity contribution is 7.50. The van der Waals surface area contributed by atoms with E-state index >= 15 is 0 Å². The predicted octanol–water partition coefficient (Wildman–Crippen LogP) is 5.93. The second kappa shape index (κ2) is 6.34. The summed E-state index contributed by atoms with van der Waals surface area (Å²) in [6, 6.07) is 21.7. The molecule has 3 aromatic carbocycles. The average Bonchev–Trinajstić information content (AvgIpc) is 2.95. The van der Waals surface area contributed by atoms with Gasteiger partial charge in [0.15, 0.2) is 20.6 Å². The van der Waals surface area contributed by atoms with E-state index in [0.29, 0.717) is 0 Å². The Hall–Kier alpha value is -2.65. The lowest BCUT2D eigenvalue weighted by Gasteiger charge is -2.10. The van der Waals surface area contributed by atoms with Crippen LogP contribution in [0.1, 0.15) is 11.1 Å². The van der Waals surface area contributed by atoms with Crippen molar-refractivity contribution in [1.29, 1.82) is 0 Å². The Bertz CT molecular complexity index is 1020. The van der Waals surface area contributed by atoms with E-state index < -0.39 is 0 Å². The third kappa shape index (κ3) is 2.61. The third-order valence-electron chi connectivity index (χ3n) is 4.47. The van der Waals surface area contributed by atoms with Crippen molar-refractivity contribution >= 4 is 36.9 Å². The molecule has 0 bridgehead atoms. The minimum absolute atomic E-state index is 0.0956. The molecule has 25 heavy (non-hydrogen) atoms. The Morgan fingerprint density at radius 1 is 0.880 bits per heavy atom. The van der Waals surface area contributed by atoms with Gasteiger partial charge in [0.05, 0.1) is 0 Å². The SMILES string of the molecule is Cc1cc(-[s+]2c3ccccc3c3ccccc32)cc(C)c1OCC=O. The van der Waals surface area contributed by atoms with Crippen LogP contribution in [-0.4, -0.2) is 12.9 Å². The van der Waals surface area contributed by atoms with Crippen LogP contribution in [0.5, 0.6) is 5.75 Å². The fourth-order valence-electron chi connectivity index (χ4n) is 3.48. The molecule has 2 nitrogen and oxygen atoms in total. The molecule has 4 aromatic rings. The summed E-state index contributed by atoms with van der Waals surface area (Å²) in [5, 5.41) is 2.66. The van der Waals surface area contributed by atoms with Gasteiger partial charge < -0.3 is 4.74 Å². The zero-order valence-electron chi connectivity index (χ0n) is 14.3. The van der Waals surface area contributed by atoms with Crippen LogP contribution in [0.2, 0.25) is 0 Å². The van der Waals surface area contributed by atoms with Crippen molar-refractivity contribution in [1.82, 2.24) is 0 Å². The lowest BCUT2D eigenvalue weighted by atomic mass is 10.1. The summed E-state index contributed by atoms with van der Waals surface area (Å²) in [6.45, 7) is 4.19. The maximum atomic E-state index is 10.6. The summed E-state index contributed by atoms with van der Waals surface area (Å²) in [6.07, 6.45) is 0.790. The van der Waals surface area contributed by atoms with E-state index in [-0.39, 0.29) is 17.1 Å². The van der Waals surface area contributed by atoms with Crippen molar-refractivity contribution in [3.05, 3.63) is 71.8 Å². The van der Waals surface area contributed by atoms with Crippen molar-refractivity contribution in [2.45, 2.75) is 13.8 Å². The monoisotopic (exact) mass is 347 g/mol. The van der Waals surface area contributed by atoms with Crippen LogP contribution < -0.4 is 4.74 Å². The molecule has 0 fully saturated rings. The molecular weight excluding hydrogens is 328 g/mol. The number of aryl methyl sites for hydroxylation is 2. The van der Waals surface area contributed by atoms with E-state index in [9.17, 15) is 4.79 Å². The van der Waals surface area contributed by atoms with Gasteiger partial charge in [-0.1, -0.05) is 24.3 Å². The number of ether oxygens (including phenoxy) is 1. The van der Waals surface area contributed by atoms with Crippen molar-refractivity contribution in [2.24, 2.45) is 0 Å². The Kier molecular flexibility index (Phi) is 4.02. The number of thiophene rings is 1. The Morgan fingerprint density at radius 2 is 1.40 bits per heavy atom. The summed E-state index contributed by atoms with van der Waals surface area (Å²) >= 11 is 0. The smallest absolute Gasteiger partial charge is 0.187 e. The summed E-state index contributed by atoms with van der Waals surface area (Å²) in [5.41, 5.74) is 2.15. The molecular formula is C22H19O2S+. The first-order valence-corrected chi connectivity index (χ1v) is 9.53. The first-order chi connectivity index (χ1) is 12.2. The fraction of sp³-hybridized carbons (Fsp3) is 0.136. The molecule has 3 heteroatoms. The van der Waals surface area contributed by atoms with Gasteiger partial charge in [0.25, 0.3) is 0 Å². The maximum Gasteiger partial charge on any atom is 0.187 e. The highest BCUT2D eigenvalue weighted by atomic mass is 32.2. The van der Waals surface area contributed by atoms with Crippen molar-refractivity contribution in [2.75, 3.05) is 6.61 Å². The number of benzene rings is 3. The largest absolute Gasteiger partial charge is 0.486 e. The minimum atomic E-state index is -0.100. The van der Waals surface area contributed by atoms with Crippen LogP contribution in [0, 0.1) is 13.8 Å². The van der Waals surface area contributed by atoms with E-state index in [2.05, 4.69) is 60.7 Å². The number of aldehydes is 1. The Balaban J connectivity index is 1.99. The quantitative estimate of drug-likeness (QED) is 0.338. The standard InChI is InChI=1S/C22H19O2S/c1-15-13-17(14-16(2)22(15)24-12-11-23)25-20-9-5-3-7-18(20)19-8-4-6-10-21(19)25/h3-11,13-14H,12H2,1-2H3/q+1. The fourth-order valence-corrected chi connectivity index (χ4v) is 6.04. The van der Waals surface area contributed by atoms with Gasteiger partial charge in [-0.3, -0.25) is 4.79 Å². The summed E-state index contributed by atoms with van der Waals surface area (Å²) in [7, 11) is -0.100. The molecule has 0 saturated heterocycles. The van der Waals surface area contributed by atoms with Gasteiger partial charge in [0.2, 0.25) is 0 Å². The lowest BCUT2D eigenvalue weighted by molar-refractivity contribution is -0.109.